The lowest BCUT2D eigenvalue weighted by Crippen LogP contribution is -2.31. The van der Waals surface area contributed by atoms with Gasteiger partial charge in [-0.05, 0) is 43.2 Å². The van der Waals surface area contributed by atoms with Crippen molar-refractivity contribution < 1.29 is 18.7 Å². The van der Waals surface area contributed by atoms with Gasteiger partial charge in [0.1, 0.15) is 11.3 Å². The number of hydrogen-bond donors (Lipinski definition) is 0. The summed E-state index contributed by atoms with van der Waals surface area (Å²) in [5, 5.41) is 0.480. The Morgan fingerprint density at radius 2 is 1.83 bits per heavy atom. The first-order valence-corrected chi connectivity index (χ1v) is 9.74. The number of carbonyl (C=O) groups excluding carboxylic acids is 1. The van der Waals surface area contributed by atoms with Gasteiger partial charge in [0, 0.05) is 20.3 Å². The second-order valence-electron chi connectivity index (χ2n) is 6.92. The van der Waals surface area contributed by atoms with Gasteiger partial charge in [0.05, 0.1) is 23.6 Å². The Labute approximate surface area is 168 Å². The van der Waals surface area contributed by atoms with Crippen molar-refractivity contribution in [2.24, 2.45) is 0 Å². The molecule has 1 atom stereocenters. The van der Waals surface area contributed by atoms with Crippen molar-refractivity contribution in [1.82, 2.24) is 4.90 Å². The fraction of sp³-hybridized carbons (Fsp3) is 0.304. The molecule has 0 unspecified atom stereocenters. The molecule has 0 spiro atoms. The smallest absolute Gasteiger partial charge is 0.290 e. The molecule has 2 aromatic carbocycles. The molecular weight excluding hydrogens is 370 g/mol. The van der Waals surface area contributed by atoms with Crippen LogP contribution in [-0.4, -0.2) is 37.7 Å². The molecule has 1 aromatic heterocycles. The number of rotatable bonds is 7. The van der Waals surface area contributed by atoms with Crippen LogP contribution in [0.1, 0.15) is 41.1 Å². The molecular formula is C23H23NO5. The minimum Gasteiger partial charge on any atom is -0.494 e. The van der Waals surface area contributed by atoms with Gasteiger partial charge in [-0.25, -0.2) is 0 Å². The van der Waals surface area contributed by atoms with Gasteiger partial charge in [-0.15, -0.1) is 0 Å². The van der Waals surface area contributed by atoms with Crippen molar-refractivity contribution in [3.63, 3.8) is 0 Å². The van der Waals surface area contributed by atoms with E-state index >= 15 is 0 Å². The molecule has 2 heterocycles. The number of methoxy groups -OCH3 is 1. The summed E-state index contributed by atoms with van der Waals surface area (Å²) in [6.45, 7) is 3.49. The Balaban J connectivity index is 1.84. The SMILES string of the molecule is CCOc1ccc([C@H]2c3c(oc4ccccc4c3=O)C(=O)N2CCCOC)cc1. The molecule has 6 heteroatoms. The van der Waals surface area contributed by atoms with Crippen LogP contribution in [0.2, 0.25) is 0 Å². The van der Waals surface area contributed by atoms with Crippen LogP contribution >= 0.6 is 0 Å². The third kappa shape index (κ3) is 3.40. The van der Waals surface area contributed by atoms with E-state index in [1.54, 1.807) is 36.3 Å². The highest BCUT2D eigenvalue weighted by atomic mass is 16.5. The van der Waals surface area contributed by atoms with Gasteiger partial charge in [-0.3, -0.25) is 9.59 Å². The summed E-state index contributed by atoms with van der Waals surface area (Å²) in [5.41, 5.74) is 1.51. The number of benzene rings is 2. The zero-order valence-electron chi connectivity index (χ0n) is 16.5. The minimum atomic E-state index is -0.495. The standard InChI is InChI=1S/C23H23NO5/c1-3-28-16-11-9-15(10-12-16)20-19-21(25)17-7-4-5-8-18(17)29-22(19)23(26)24(20)13-6-14-27-2/h4-5,7-12,20H,3,6,13-14H2,1-2H3/t20-/m0/s1. The fourth-order valence-corrected chi connectivity index (χ4v) is 3.84. The van der Waals surface area contributed by atoms with Crippen LogP contribution < -0.4 is 10.2 Å². The van der Waals surface area contributed by atoms with E-state index in [2.05, 4.69) is 0 Å². The van der Waals surface area contributed by atoms with Crippen LogP contribution in [0.5, 0.6) is 5.75 Å². The molecule has 1 amide bonds. The molecule has 0 bridgehead atoms. The lowest BCUT2D eigenvalue weighted by Gasteiger charge is -2.25. The van der Waals surface area contributed by atoms with Gasteiger partial charge < -0.3 is 18.8 Å². The summed E-state index contributed by atoms with van der Waals surface area (Å²) in [7, 11) is 1.63. The van der Waals surface area contributed by atoms with Crippen molar-refractivity contribution in [3.05, 3.63) is 75.6 Å². The number of nitrogens with zero attached hydrogens (tertiary/aromatic N) is 1. The van der Waals surface area contributed by atoms with Crippen LogP contribution in [0.4, 0.5) is 0 Å². The maximum absolute atomic E-state index is 13.3. The van der Waals surface area contributed by atoms with Crippen molar-refractivity contribution >= 4 is 16.9 Å². The third-order valence-corrected chi connectivity index (χ3v) is 5.13. The molecule has 0 saturated carbocycles. The molecule has 0 fully saturated rings. The first-order chi connectivity index (χ1) is 14.2. The number of ether oxygens (including phenoxy) is 2. The number of amides is 1. The lowest BCUT2D eigenvalue weighted by molar-refractivity contribution is 0.0708. The summed E-state index contributed by atoms with van der Waals surface area (Å²) in [5.74, 6) is 0.611. The maximum Gasteiger partial charge on any atom is 0.290 e. The number of fused-ring (bicyclic) bond motifs is 2. The predicted molar refractivity (Wildman–Crippen MR) is 109 cm³/mol. The maximum atomic E-state index is 13.3. The van der Waals surface area contributed by atoms with Crippen molar-refractivity contribution in [2.45, 2.75) is 19.4 Å². The summed E-state index contributed by atoms with van der Waals surface area (Å²) in [4.78, 5) is 28.2. The van der Waals surface area contributed by atoms with Crippen molar-refractivity contribution in [3.8, 4) is 5.75 Å². The van der Waals surface area contributed by atoms with E-state index in [1.807, 2.05) is 31.2 Å². The van der Waals surface area contributed by atoms with Gasteiger partial charge in [0.25, 0.3) is 5.91 Å². The van der Waals surface area contributed by atoms with Gasteiger partial charge in [-0.1, -0.05) is 24.3 Å². The summed E-state index contributed by atoms with van der Waals surface area (Å²) in [6.07, 6.45) is 0.664. The quantitative estimate of drug-likeness (QED) is 0.572. The molecule has 1 aliphatic rings. The molecule has 0 radical (unpaired) electrons. The summed E-state index contributed by atoms with van der Waals surface area (Å²) in [6, 6.07) is 14.0. The van der Waals surface area contributed by atoms with E-state index in [0.29, 0.717) is 42.7 Å². The highest BCUT2D eigenvalue weighted by Crippen LogP contribution is 2.38. The number of para-hydroxylation sites is 1. The molecule has 1 aliphatic heterocycles. The predicted octanol–water partition coefficient (Wildman–Crippen LogP) is 3.77. The van der Waals surface area contributed by atoms with Gasteiger partial charge in [0.2, 0.25) is 5.76 Å². The van der Waals surface area contributed by atoms with E-state index in [9.17, 15) is 9.59 Å². The fourth-order valence-electron chi connectivity index (χ4n) is 3.84. The normalized spacial score (nSPS) is 15.7. The number of carbonyl (C=O) groups is 1. The topological polar surface area (TPSA) is 69.0 Å². The van der Waals surface area contributed by atoms with Crippen LogP contribution in [0.15, 0.2) is 57.7 Å². The van der Waals surface area contributed by atoms with Crippen LogP contribution in [0.3, 0.4) is 0 Å². The first-order valence-electron chi connectivity index (χ1n) is 9.74. The highest BCUT2D eigenvalue weighted by molar-refractivity contribution is 5.99. The Bertz CT molecular complexity index is 1090. The zero-order chi connectivity index (χ0) is 20.4. The molecule has 29 heavy (non-hydrogen) atoms. The molecule has 0 N–H and O–H groups in total. The van der Waals surface area contributed by atoms with Gasteiger partial charge in [-0.2, -0.15) is 0 Å². The monoisotopic (exact) mass is 393 g/mol. The summed E-state index contributed by atoms with van der Waals surface area (Å²) < 4.78 is 16.6. The first kappa shape index (κ1) is 19.2. The largest absolute Gasteiger partial charge is 0.494 e. The Hall–Kier alpha value is -3.12. The minimum absolute atomic E-state index is 0.130. The van der Waals surface area contributed by atoms with E-state index in [1.165, 1.54) is 0 Å². The van der Waals surface area contributed by atoms with Crippen LogP contribution in [0.25, 0.3) is 11.0 Å². The highest BCUT2D eigenvalue weighted by Gasteiger charge is 2.42. The Morgan fingerprint density at radius 3 is 2.55 bits per heavy atom. The van der Waals surface area contributed by atoms with Gasteiger partial charge in [0.15, 0.2) is 5.43 Å². The Morgan fingerprint density at radius 1 is 1.07 bits per heavy atom. The average molecular weight is 393 g/mol. The molecule has 4 rings (SSSR count). The molecule has 3 aromatic rings. The molecule has 6 nitrogen and oxygen atoms in total. The summed E-state index contributed by atoms with van der Waals surface area (Å²) >= 11 is 0. The van der Waals surface area contributed by atoms with Crippen molar-refractivity contribution in [1.29, 1.82) is 0 Å². The van der Waals surface area contributed by atoms with Crippen LogP contribution in [-0.2, 0) is 4.74 Å². The average Bonchev–Trinajstić information content (AvgIpc) is 3.02. The van der Waals surface area contributed by atoms with Crippen LogP contribution in [0, 0.1) is 0 Å². The lowest BCUT2D eigenvalue weighted by atomic mass is 9.98. The van der Waals surface area contributed by atoms with E-state index in [4.69, 9.17) is 13.9 Å². The molecule has 150 valence electrons. The Kier molecular flexibility index (Phi) is 5.36. The van der Waals surface area contributed by atoms with E-state index in [0.717, 1.165) is 11.3 Å². The van der Waals surface area contributed by atoms with Crippen molar-refractivity contribution in [2.75, 3.05) is 26.9 Å². The number of hydrogen-bond acceptors (Lipinski definition) is 5. The third-order valence-electron chi connectivity index (χ3n) is 5.13. The second kappa shape index (κ2) is 8.09. The second-order valence-corrected chi connectivity index (χ2v) is 6.92. The molecule has 0 saturated heterocycles. The van der Waals surface area contributed by atoms with Gasteiger partial charge >= 0.3 is 0 Å². The van der Waals surface area contributed by atoms with E-state index in [-0.39, 0.29) is 17.1 Å². The van der Waals surface area contributed by atoms with E-state index < -0.39 is 6.04 Å². The molecule has 0 aliphatic carbocycles. The zero-order valence-corrected chi connectivity index (χ0v) is 16.5.